The number of hydrogen-bond acceptors (Lipinski definition) is 5. The molecule has 0 saturated heterocycles. The van der Waals surface area contributed by atoms with Crippen LogP contribution in [0.1, 0.15) is 27.8 Å². The van der Waals surface area contributed by atoms with E-state index in [2.05, 4.69) is 10.4 Å². The van der Waals surface area contributed by atoms with E-state index in [0.717, 1.165) is 4.68 Å². The maximum absolute atomic E-state index is 12.2. The highest BCUT2D eigenvalue weighted by atomic mass is 35.5. The molecule has 1 atom stereocenters. The lowest BCUT2D eigenvalue weighted by Crippen LogP contribution is -2.30. The van der Waals surface area contributed by atoms with Gasteiger partial charge in [0, 0.05) is 24.2 Å². The lowest BCUT2D eigenvalue weighted by Gasteiger charge is -2.13. The minimum atomic E-state index is -1.03. The zero-order valence-electron chi connectivity index (χ0n) is 12.5. The Morgan fingerprint density at radius 1 is 1.52 bits per heavy atom. The summed E-state index contributed by atoms with van der Waals surface area (Å²) in [5, 5.41) is 27.9. The molecule has 1 unspecified atom stereocenters. The van der Waals surface area contributed by atoms with E-state index in [1.165, 1.54) is 14.0 Å². The van der Waals surface area contributed by atoms with Crippen LogP contribution in [0.2, 0.25) is 5.02 Å². The number of amides is 1. The molecule has 0 spiro atoms. The number of nitrogens with one attached hydrogen (secondary N) is 1. The van der Waals surface area contributed by atoms with Gasteiger partial charge in [0.25, 0.3) is 5.91 Å². The van der Waals surface area contributed by atoms with E-state index < -0.39 is 16.9 Å². The second-order valence-corrected chi connectivity index (χ2v) is 5.32. The van der Waals surface area contributed by atoms with E-state index in [0.29, 0.717) is 10.6 Å². The lowest BCUT2D eigenvalue weighted by molar-refractivity contribution is -0.385. The summed E-state index contributed by atoms with van der Waals surface area (Å²) in [4.78, 5) is 22.6. The highest BCUT2D eigenvalue weighted by Crippen LogP contribution is 2.24. The third-order valence-electron chi connectivity index (χ3n) is 3.31. The van der Waals surface area contributed by atoms with Gasteiger partial charge in [-0.2, -0.15) is 5.10 Å². The first-order valence-corrected chi connectivity index (χ1v) is 7.09. The average Bonchev–Trinajstić information content (AvgIpc) is 2.79. The molecule has 1 aromatic carbocycles. The number of nitrogens with zero attached hydrogens (tertiary/aromatic N) is 3. The number of carbonyl (C=O) groups excluding carboxylic acids is 1. The smallest absolute Gasteiger partial charge is 0.322 e. The highest BCUT2D eigenvalue weighted by molar-refractivity contribution is 6.31. The molecule has 1 heterocycles. The summed E-state index contributed by atoms with van der Waals surface area (Å²) in [7, 11) is 1.44. The van der Waals surface area contributed by atoms with E-state index in [9.17, 15) is 20.0 Å². The van der Waals surface area contributed by atoms with E-state index in [1.54, 1.807) is 24.3 Å². The van der Waals surface area contributed by atoms with Gasteiger partial charge in [-0.15, -0.1) is 0 Å². The Labute approximate surface area is 136 Å². The predicted octanol–water partition coefficient (Wildman–Crippen LogP) is 1.75. The number of hydrogen-bond donors (Lipinski definition) is 2. The van der Waals surface area contributed by atoms with Gasteiger partial charge in [-0.25, -0.2) is 0 Å². The topological polar surface area (TPSA) is 110 Å². The zero-order valence-corrected chi connectivity index (χ0v) is 13.2. The fraction of sp³-hybridized carbons (Fsp3) is 0.286. The summed E-state index contributed by atoms with van der Waals surface area (Å²) < 4.78 is 1.14. The summed E-state index contributed by atoms with van der Waals surface area (Å²) in [5.74, 6) is -0.689. The van der Waals surface area contributed by atoms with E-state index in [1.807, 2.05) is 0 Å². The lowest BCUT2D eigenvalue weighted by atomic mass is 10.1. The van der Waals surface area contributed by atoms with Crippen molar-refractivity contribution in [3.8, 4) is 0 Å². The Kier molecular flexibility index (Phi) is 4.97. The maximum atomic E-state index is 12.2. The van der Waals surface area contributed by atoms with E-state index >= 15 is 0 Å². The van der Waals surface area contributed by atoms with Gasteiger partial charge in [0.15, 0.2) is 0 Å². The number of aryl methyl sites for hydroxylation is 2. The second kappa shape index (κ2) is 6.76. The van der Waals surface area contributed by atoms with Gasteiger partial charge in [0.1, 0.15) is 5.69 Å². The molecular formula is C14H15ClN4O4. The molecule has 122 valence electrons. The van der Waals surface area contributed by atoms with Crippen LogP contribution in [-0.4, -0.2) is 32.3 Å². The van der Waals surface area contributed by atoms with Crippen molar-refractivity contribution in [3.05, 3.63) is 56.4 Å². The summed E-state index contributed by atoms with van der Waals surface area (Å²) in [6.45, 7) is 1.32. The van der Waals surface area contributed by atoms with Crippen molar-refractivity contribution in [1.82, 2.24) is 15.1 Å². The van der Waals surface area contributed by atoms with Gasteiger partial charge in [0.2, 0.25) is 5.69 Å². The van der Waals surface area contributed by atoms with Crippen molar-refractivity contribution in [2.75, 3.05) is 6.54 Å². The normalized spacial score (nSPS) is 12.0. The third kappa shape index (κ3) is 3.49. The van der Waals surface area contributed by atoms with Crippen molar-refractivity contribution >= 4 is 23.2 Å². The molecule has 2 rings (SSSR count). The van der Waals surface area contributed by atoms with Gasteiger partial charge >= 0.3 is 5.69 Å². The SMILES string of the molecule is Cc1nn(C)c(C(=O)NCC(O)c2ccccc2Cl)c1[N+](=O)[O-]. The molecule has 0 saturated carbocycles. The van der Waals surface area contributed by atoms with Crippen LogP contribution in [-0.2, 0) is 7.05 Å². The Bertz CT molecular complexity index is 759. The Balaban J connectivity index is 2.15. The molecular weight excluding hydrogens is 324 g/mol. The molecule has 0 fully saturated rings. The summed E-state index contributed by atoms with van der Waals surface area (Å²) in [6.07, 6.45) is -1.03. The van der Waals surface area contributed by atoms with Gasteiger partial charge in [-0.05, 0) is 13.0 Å². The van der Waals surface area contributed by atoms with Crippen LogP contribution in [0.15, 0.2) is 24.3 Å². The molecule has 0 radical (unpaired) electrons. The molecule has 0 aliphatic rings. The number of rotatable bonds is 5. The van der Waals surface area contributed by atoms with Crippen LogP contribution >= 0.6 is 11.6 Å². The van der Waals surface area contributed by atoms with Crippen LogP contribution in [0, 0.1) is 17.0 Å². The highest BCUT2D eigenvalue weighted by Gasteiger charge is 2.29. The number of halogens is 1. The van der Waals surface area contributed by atoms with Crippen molar-refractivity contribution in [3.63, 3.8) is 0 Å². The van der Waals surface area contributed by atoms with Crippen molar-refractivity contribution in [1.29, 1.82) is 0 Å². The number of aromatic nitrogens is 2. The molecule has 23 heavy (non-hydrogen) atoms. The molecule has 0 aliphatic heterocycles. The fourth-order valence-corrected chi connectivity index (χ4v) is 2.51. The fourth-order valence-electron chi connectivity index (χ4n) is 2.25. The minimum absolute atomic E-state index is 0.135. The third-order valence-corrected chi connectivity index (χ3v) is 3.65. The van der Waals surface area contributed by atoms with Crippen molar-refractivity contribution in [2.24, 2.45) is 7.05 Å². The van der Waals surface area contributed by atoms with Crippen LogP contribution < -0.4 is 5.32 Å². The van der Waals surface area contributed by atoms with Gasteiger partial charge in [-0.3, -0.25) is 19.6 Å². The largest absolute Gasteiger partial charge is 0.387 e. The molecule has 9 heteroatoms. The molecule has 2 N–H and O–H groups in total. The molecule has 1 aromatic heterocycles. The first-order valence-electron chi connectivity index (χ1n) is 6.71. The van der Waals surface area contributed by atoms with Crippen LogP contribution in [0.4, 0.5) is 5.69 Å². The van der Waals surface area contributed by atoms with E-state index in [-0.39, 0.29) is 23.6 Å². The minimum Gasteiger partial charge on any atom is -0.387 e. The molecule has 0 bridgehead atoms. The van der Waals surface area contributed by atoms with Gasteiger partial charge in [-0.1, -0.05) is 29.8 Å². The Morgan fingerprint density at radius 3 is 2.78 bits per heavy atom. The van der Waals surface area contributed by atoms with Crippen LogP contribution in [0.25, 0.3) is 0 Å². The number of aliphatic hydroxyl groups is 1. The molecule has 8 nitrogen and oxygen atoms in total. The first-order chi connectivity index (χ1) is 10.8. The Morgan fingerprint density at radius 2 is 2.17 bits per heavy atom. The van der Waals surface area contributed by atoms with Gasteiger partial charge in [0.05, 0.1) is 11.0 Å². The quantitative estimate of drug-likeness (QED) is 0.637. The van der Waals surface area contributed by atoms with Crippen LogP contribution in [0.3, 0.4) is 0 Å². The maximum Gasteiger partial charge on any atom is 0.322 e. The number of aliphatic hydroxyl groups excluding tert-OH is 1. The van der Waals surface area contributed by atoms with Crippen LogP contribution in [0.5, 0.6) is 0 Å². The van der Waals surface area contributed by atoms with Gasteiger partial charge < -0.3 is 10.4 Å². The summed E-state index contributed by atoms with van der Waals surface area (Å²) >= 11 is 5.97. The number of carbonyl (C=O) groups is 1. The predicted molar refractivity (Wildman–Crippen MR) is 83.3 cm³/mol. The molecule has 1 amide bonds. The monoisotopic (exact) mass is 338 g/mol. The van der Waals surface area contributed by atoms with E-state index in [4.69, 9.17) is 11.6 Å². The Hall–Kier alpha value is -2.45. The number of benzene rings is 1. The van der Waals surface area contributed by atoms with Crippen molar-refractivity contribution < 1.29 is 14.8 Å². The standard InChI is InChI=1S/C14H15ClN4O4/c1-8-12(19(22)23)13(18(2)17-8)14(21)16-7-11(20)9-5-3-4-6-10(9)15/h3-6,11,20H,7H2,1-2H3,(H,16,21). The first kappa shape index (κ1) is 16.9. The van der Waals surface area contributed by atoms with Crippen molar-refractivity contribution in [2.45, 2.75) is 13.0 Å². The molecule has 2 aromatic rings. The second-order valence-electron chi connectivity index (χ2n) is 4.91. The molecule has 0 aliphatic carbocycles. The summed E-state index contributed by atoms with van der Waals surface area (Å²) in [5.41, 5.74) is 0.0931. The number of nitro groups is 1. The summed E-state index contributed by atoms with van der Waals surface area (Å²) in [6, 6.07) is 6.69. The average molecular weight is 339 g/mol. The zero-order chi connectivity index (χ0) is 17.1.